The van der Waals surface area contributed by atoms with Gasteiger partial charge in [-0.25, -0.2) is 4.79 Å². The van der Waals surface area contributed by atoms with Crippen LogP contribution >= 0.6 is 0 Å². The third kappa shape index (κ3) is 8.38. The SMILES string of the molecule is CCNC(=NCCCNC(=O)OC(C)(C)C)N1CCC(COC)C1. The van der Waals surface area contributed by atoms with Crippen molar-refractivity contribution in [1.29, 1.82) is 0 Å². The van der Waals surface area contributed by atoms with Gasteiger partial charge in [-0.1, -0.05) is 0 Å². The van der Waals surface area contributed by atoms with E-state index in [1.807, 2.05) is 20.8 Å². The fourth-order valence-corrected chi connectivity index (χ4v) is 2.59. The van der Waals surface area contributed by atoms with Crippen molar-refractivity contribution >= 4 is 12.1 Å². The minimum atomic E-state index is -0.463. The largest absolute Gasteiger partial charge is 0.444 e. The van der Waals surface area contributed by atoms with Gasteiger partial charge in [0.25, 0.3) is 0 Å². The fraction of sp³-hybridized carbons (Fsp3) is 0.882. The van der Waals surface area contributed by atoms with E-state index in [0.717, 1.165) is 45.0 Å². The summed E-state index contributed by atoms with van der Waals surface area (Å²) in [4.78, 5) is 18.5. The predicted octanol–water partition coefficient (Wildman–Crippen LogP) is 1.84. The molecule has 0 aromatic carbocycles. The molecule has 1 unspecified atom stereocenters. The lowest BCUT2D eigenvalue weighted by molar-refractivity contribution is 0.0527. The predicted molar refractivity (Wildman–Crippen MR) is 96.4 cm³/mol. The van der Waals surface area contributed by atoms with Crippen molar-refractivity contribution in [2.75, 3.05) is 46.4 Å². The van der Waals surface area contributed by atoms with Gasteiger partial charge >= 0.3 is 6.09 Å². The average molecular weight is 342 g/mol. The lowest BCUT2D eigenvalue weighted by atomic mass is 10.1. The number of methoxy groups -OCH3 is 1. The molecular formula is C17H34N4O3. The van der Waals surface area contributed by atoms with E-state index in [1.165, 1.54) is 0 Å². The molecule has 0 saturated carbocycles. The van der Waals surface area contributed by atoms with Crippen molar-refractivity contribution < 1.29 is 14.3 Å². The zero-order valence-corrected chi connectivity index (χ0v) is 15.9. The molecule has 0 bridgehead atoms. The summed E-state index contributed by atoms with van der Waals surface area (Å²) >= 11 is 0. The first-order valence-electron chi connectivity index (χ1n) is 8.84. The summed E-state index contributed by atoms with van der Waals surface area (Å²) in [5, 5.41) is 6.10. The van der Waals surface area contributed by atoms with E-state index in [9.17, 15) is 4.79 Å². The summed E-state index contributed by atoms with van der Waals surface area (Å²) in [5.74, 6) is 1.53. The van der Waals surface area contributed by atoms with Crippen LogP contribution in [0.5, 0.6) is 0 Å². The number of alkyl carbamates (subject to hydrolysis) is 1. The van der Waals surface area contributed by atoms with Gasteiger partial charge in [0, 0.05) is 45.8 Å². The van der Waals surface area contributed by atoms with Crippen molar-refractivity contribution in [3.8, 4) is 0 Å². The highest BCUT2D eigenvalue weighted by atomic mass is 16.6. The molecular weight excluding hydrogens is 308 g/mol. The minimum Gasteiger partial charge on any atom is -0.444 e. The van der Waals surface area contributed by atoms with E-state index in [-0.39, 0.29) is 6.09 Å². The molecule has 0 aliphatic carbocycles. The van der Waals surface area contributed by atoms with E-state index in [1.54, 1.807) is 7.11 Å². The Bertz CT molecular complexity index is 407. The molecule has 0 aromatic heterocycles. The number of rotatable bonds is 7. The molecule has 7 nitrogen and oxygen atoms in total. The highest BCUT2D eigenvalue weighted by Gasteiger charge is 2.24. The number of nitrogens with one attached hydrogen (secondary N) is 2. The molecule has 1 fully saturated rings. The second-order valence-electron chi connectivity index (χ2n) is 7.07. The van der Waals surface area contributed by atoms with Crippen LogP contribution in [0.25, 0.3) is 0 Å². The van der Waals surface area contributed by atoms with Crippen LogP contribution in [0.1, 0.15) is 40.5 Å². The van der Waals surface area contributed by atoms with Crippen LogP contribution in [0.4, 0.5) is 4.79 Å². The summed E-state index contributed by atoms with van der Waals surface area (Å²) < 4.78 is 10.4. The fourth-order valence-electron chi connectivity index (χ4n) is 2.59. The lowest BCUT2D eigenvalue weighted by Gasteiger charge is -2.21. The summed E-state index contributed by atoms with van der Waals surface area (Å²) in [6, 6.07) is 0. The normalized spacial score (nSPS) is 18.6. The minimum absolute atomic E-state index is 0.375. The maximum Gasteiger partial charge on any atom is 0.407 e. The second kappa shape index (κ2) is 10.4. The van der Waals surface area contributed by atoms with Gasteiger partial charge in [0.2, 0.25) is 0 Å². The van der Waals surface area contributed by atoms with Crippen molar-refractivity contribution in [2.45, 2.75) is 46.1 Å². The number of guanidine groups is 1. The quantitative estimate of drug-likeness (QED) is 0.419. The molecule has 7 heteroatoms. The van der Waals surface area contributed by atoms with Gasteiger partial charge in [-0.3, -0.25) is 4.99 Å². The van der Waals surface area contributed by atoms with E-state index in [4.69, 9.17) is 9.47 Å². The van der Waals surface area contributed by atoms with E-state index >= 15 is 0 Å². The second-order valence-corrected chi connectivity index (χ2v) is 7.07. The number of hydrogen-bond donors (Lipinski definition) is 2. The van der Waals surface area contributed by atoms with Crippen LogP contribution in [0.2, 0.25) is 0 Å². The number of ether oxygens (including phenoxy) is 2. The molecule has 1 aliphatic heterocycles. The summed E-state index contributed by atoms with van der Waals surface area (Å²) in [5.41, 5.74) is -0.463. The molecule has 140 valence electrons. The highest BCUT2D eigenvalue weighted by molar-refractivity contribution is 5.80. The van der Waals surface area contributed by atoms with E-state index in [0.29, 0.717) is 19.0 Å². The standard InChI is InChI=1S/C17H34N4O3/c1-6-18-15(21-11-8-14(12-21)13-23-5)19-9-7-10-20-16(22)24-17(2,3)4/h14H,6-13H2,1-5H3,(H,18,19)(H,20,22). The maximum absolute atomic E-state index is 11.6. The zero-order chi connectivity index (χ0) is 18.0. The van der Waals surface area contributed by atoms with Gasteiger partial charge in [0.15, 0.2) is 5.96 Å². The Balaban J connectivity index is 2.32. The molecule has 1 heterocycles. The third-order valence-corrected chi connectivity index (χ3v) is 3.59. The number of carbonyl (C=O) groups is 1. The molecule has 24 heavy (non-hydrogen) atoms. The molecule has 0 radical (unpaired) electrons. The summed E-state index contributed by atoms with van der Waals surface area (Å²) in [6.07, 6.45) is 1.54. The first kappa shape index (κ1) is 20.5. The molecule has 1 atom stereocenters. The monoisotopic (exact) mass is 342 g/mol. The Morgan fingerprint density at radius 1 is 1.33 bits per heavy atom. The van der Waals surface area contributed by atoms with Crippen molar-refractivity contribution in [3.63, 3.8) is 0 Å². The van der Waals surface area contributed by atoms with Crippen LogP contribution in [0, 0.1) is 5.92 Å². The average Bonchev–Trinajstić information content (AvgIpc) is 2.93. The van der Waals surface area contributed by atoms with Crippen molar-refractivity contribution in [1.82, 2.24) is 15.5 Å². The topological polar surface area (TPSA) is 75.2 Å². The molecule has 1 aliphatic rings. The van der Waals surface area contributed by atoms with E-state index < -0.39 is 5.60 Å². The molecule has 0 aromatic rings. The Kier molecular flexibility index (Phi) is 8.89. The summed E-state index contributed by atoms with van der Waals surface area (Å²) in [6.45, 7) is 12.5. The Morgan fingerprint density at radius 3 is 2.71 bits per heavy atom. The lowest BCUT2D eigenvalue weighted by Crippen LogP contribution is -2.40. The number of aliphatic imine (C=N–C) groups is 1. The Morgan fingerprint density at radius 2 is 2.08 bits per heavy atom. The third-order valence-electron chi connectivity index (χ3n) is 3.59. The maximum atomic E-state index is 11.6. The van der Waals surface area contributed by atoms with Crippen LogP contribution in [0.3, 0.4) is 0 Å². The number of amides is 1. The molecule has 1 rings (SSSR count). The number of likely N-dealkylation sites (tertiary alicyclic amines) is 1. The molecule has 0 spiro atoms. The van der Waals surface area contributed by atoms with Gasteiger partial charge in [-0.05, 0) is 40.5 Å². The first-order valence-corrected chi connectivity index (χ1v) is 8.84. The smallest absolute Gasteiger partial charge is 0.407 e. The van der Waals surface area contributed by atoms with Crippen LogP contribution in [0.15, 0.2) is 4.99 Å². The first-order chi connectivity index (χ1) is 11.4. The van der Waals surface area contributed by atoms with Crippen LogP contribution in [-0.4, -0.2) is 69.0 Å². The molecule has 1 amide bonds. The number of nitrogens with zero attached hydrogens (tertiary/aromatic N) is 2. The zero-order valence-electron chi connectivity index (χ0n) is 15.9. The molecule has 2 N–H and O–H groups in total. The number of carbonyl (C=O) groups excluding carboxylic acids is 1. The van der Waals surface area contributed by atoms with Crippen molar-refractivity contribution in [3.05, 3.63) is 0 Å². The van der Waals surface area contributed by atoms with Gasteiger partial charge in [0.1, 0.15) is 5.60 Å². The van der Waals surface area contributed by atoms with Crippen LogP contribution in [-0.2, 0) is 9.47 Å². The van der Waals surface area contributed by atoms with Gasteiger partial charge in [-0.2, -0.15) is 0 Å². The van der Waals surface area contributed by atoms with Gasteiger partial charge in [-0.15, -0.1) is 0 Å². The molecule has 1 saturated heterocycles. The number of hydrogen-bond acceptors (Lipinski definition) is 4. The van der Waals surface area contributed by atoms with Gasteiger partial charge < -0.3 is 25.0 Å². The highest BCUT2D eigenvalue weighted by Crippen LogP contribution is 2.16. The van der Waals surface area contributed by atoms with Crippen LogP contribution < -0.4 is 10.6 Å². The Hall–Kier alpha value is -1.50. The van der Waals surface area contributed by atoms with E-state index in [2.05, 4.69) is 27.4 Å². The summed E-state index contributed by atoms with van der Waals surface area (Å²) in [7, 11) is 1.75. The Labute approximate surface area is 146 Å². The van der Waals surface area contributed by atoms with Crippen molar-refractivity contribution in [2.24, 2.45) is 10.9 Å². The van der Waals surface area contributed by atoms with Gasteiger partial charge in [0.05, 0.1) is 6.61 Å².